The molecule has 3 heterocycles. The lowest BCUT2D eigenvalue weighted by Crippen LogP contribution is -2.34. The number of aromatic nitrogens is 5. The molecule has 46 heavy (non-hydrogen) atoms. The van der Waals surface area contributed by atoms with Crippen LogP contribution in [0.4, 0.5) is 9.59 Å². The fourth-order valence-electron chi connectivity index (χ4n) is 6.32. The van der Waals surface area contributed by atoms with E-state index in [-0.39, 0.29) is 0 Å². The number of para-hydroxylation sites is 6. The van der Waals surface area contributed by atoms with Crippen LogP contribution in [0.3, 0.4) is 0 Å². The number of nitrogens with zero attached hydrogens (tertiary/aromatic N) is 5. The van der Waals surface area contributed by atoms with Crippen molar-refractivity contribution in [1.29, 1.82) is 0 Å². The van der Waals surface area contributed by atoms with Gasteiger partial charge >= 0.3 is 12.1 Å². The first-order chi connectivity index (χ1) is 22.4. The summed E-state index contributed by atoms with van der Waals surface area (Å²) in [5.74, 6) is 0. The SMILES string of the molecule is NC(=O)NCCn1c[n+](Cc2cccc3cc4cccc(C[n+]5cn(CCNC(N)=O)c6ccccc65)c4nc23)c2ccccc21. The Kier molecular flexibility index (Phi) is 7.63. The van der Waals surface area contributed by atoms with E-state index < -0.39 is 12.1 Å². The van der Waals surface area contributed by atoms with Crippen LogP contribution in [0.5, 0.6) is 0 Å². The number of nitrogens with two attached hydrogens (primary N) is 2. The van der Waals surface area contributed by atoms with Crippen LogP contribution in [-0.4, -0.2) is 39.3 Å². The molecule has 7 rings (SSSR count). The Balaban J connectivity index is 1.25. The second kappa shape index (κ2) is 12.2. The molecule has 0 bridgehead atoms. The summed E-state index contributed by atoms with van der Waals surface area (Å²) in [6, 6.07) is 30.3. The number of amides is 4. The molecule has 3 aromatic heterocycles. The smallest absolute Gasteiger partial charge is 0.312 e. The fourth-order valence-corrected chi connectivity index (χ4v) is 6.32. The van der Waals surface area contributed by atoms with Crippen LogP contribution >= 0.6 is 0 Å². The topological polar surface area (TPSA) is 141 Å². The molecule has 0 saturated heterocycles. The Hall–Kier alpha value is -5.97. The summed E-state index contributed by atoms with van der Waals surface area (Å²) in [5.41, 5.74) is 19.1. The minimum atomic E-state index is -0.528. The third-order valence-electron chi connectivity index (χ3n) is 8.38. The van der Waals surface area contributed by atoms with E-state index in [1.807, 2.05) is 24.3 Å². The van der Waals surface area contributed by atoms with Gasteiger partial charge in [0.1, 0.15) is 26.2 Å². The third-order valence-corrected chi connectivity index (χ3v) is 8.38. The molecule has 0 unspecified atom stereocenters. The van der Waals surface area contributed by atoms with Crippen LogP contribution in [0.25, 0.3) is 43.9 Å². The summed E-state index contributed by atoms with van der Waals surface area (Å²) >= 11 is 0. The Morgan fingerprint density at radius 1 is 0.630 bits per heavy atom. The number of rotatable bonds is 10. The van der Waals surface area contributed by atoms with Gasteiger partial charge in [0, 0.05) is 21.9 Å². The molecule has 11 nitrogen and oxygen atoms in total. The highest BCUT2D eigenvalue weighted by Crippen LogP contribution is 2.26. The number of hydrogen-bond acceptors (Lipinski definition) is 3. The largest absolute Gasteiger partial charge is 0.352 e. The second-order valence-electron chi connectivity index (χ2n) is 11.4. The van der Waals surface area contributed by atoms with Gasteiger partial charge in [-0.2, -0.15) is 0 Å². The van der Waals surface area contributed by atoms with Crippen LogP contribution in [0.1, 0.15) is 11.1 Å². The standard InChI is InChI=1S/C35H33N9O2/c36-34(45)38-15-17-41-22-43(30-13-3-1-11-28(30)41)20-26-9-5-7-24-19-25-8-6-10-27(33(25)40-32(24)26)21-44-23-42(18-16-39-35(37)46)29-12-2-4-14-31(29)44/h1-14,19,22-23H,15-18,20-21H2,(H4-2,36,37,38,39,45,46)/p+2. The molecule has 11 heteroatoms. The van der Waals surface area contributed by atoms with Gasteiger partial charge < -0.3 is 22.1 Å². The highest BCUT2D eigenvalue weighted by molar-refractivity contribution is 5.95. The molecule has 0 aliphatic rings. The number of nitrogens with one attached hydrogen (secondary N) is 2. The van der Waals surface area contributed by atoms with E-state index in [1.54, 1.807) is 0 Å². The van der Waals surface area contributed by atoms with Gasteiger partial charge in [-0.15, -0.1) is 0 Å². The van der Waals surface area contributed by atoms with Crippen LogP contribution in [0, 0.1) is 0 Å². The van der Waals surface area contributed by atoms with E-state index in [4.69, 9.17) is 16.5 Å². The quantitative estimate of drug-likeness (QED) is 0.139. The Morgan fingerprint density at radius 2 is 1.09 bits per heavy atom. The molecule has 4 aromatic carbocycles. The van der Waals surface area contributed by atoms with E-state index >= 15 is 0 Å². The van der Waals surface area contributed by atoms with Crippen molar-refractivity contribution in [3.63, 3.8) is 0 Å². The molecule has 230 valence electrons. The summed E-state index contributed by atoms with van der Waals surface area (Å²) in [4.78, 5) is 27.8. The number of pyridine rings is 1. The summed E-state index contributed by atoms with van der Waals surface area (Å²) in [5, 5.41) is 7.54. The maximum Gasteiger partial charge on any atom is 0.312 e. The lowest BCUT2D eigenvalue weighted by molar-refractivity contribution is -0.663. The lowest BCUT2D eigenvalue weighted by Gasteiger charge is -2.09. The molecule has 0 aliphatic heterocycles. The predicted molar refractivity (Wildman–Crippen MR) is 177 cm³/mol. The maximum atomic E-state index is 11.2. The van der Waals surface area contributed by atoms with Gasteiger partial charge in [0.15, 0.2) is 22.1 Å². The number of imidazole rings is 2. The average Bonchev–Trinajstić information content (AvgIpc) is 3.58. The van der Waals surface area contributed by atoms with Crippen LogP contribution in [0.15, 0.2) is 104 Å². The van der Waals surface area contributed by atoms with Gasteiger partial charge in [-0.25, -0.2) is 32.8 Å². The molecule has 0 spiro atoms. The zero-order chi connectivity index (χ0) is 31.6. The van der Waals surface area contributed by atoms with Gasteiger partial charge in [-0.3, -0.25) is 0 Å². The normalized spacial score (nSPS) is 11.5. The van der Waals surface area contributed by atoms with Gasteiger partial charge in [0.2, 0.25) is 12.7 Å². The van der Waals surface area contributed by atoms with E-state index in [0.29, 0.717) is 39.3 Å². The molecule has 6 N–H and O–H groups in total. The Morgan fingerprint density at radius 3 is 1.54 bits per heavy atom. The fraction of sp³-hybridized carbons (Fsp3) is 0.171. The number of hydrogen-bond donors (Lipinski definition) is 4. The van der Waals surface area contributed by atoms with E-state index in [0.717, 1.165) is 55.0 Å². The number of urea groups is 2. The van der Waals surface area contributed by atoms with Gasteiger partial charge in [0.05, 0.1) is 24.1 Å². The van der Waals surface area contributed by atoms with Crippen molar-refractivity contribution in [3.05, 3.63) is 115 Å². The molecule has 0 fully saturated rings. The van der Waals surface area contributed by atoms with Crippen LogP contribution < -0.4 is 31.2 Å². The first kappa shape index (κ1) is 28.8. The highest BCUT2D eigenvalue weighted by atomic mass is 16.2. The van der Waals surface area contributed by atoms with Crippen molar-refractivity contribution in [3.8, 4) is 0 Å². The van der Waals surface area contributed by atoms with Crippen LogP contribution in [0.2, 0.25) is 0 Å². The summed E-state index contributed by atoms with van der Waals surface area (Å²) < 4.78 is 8.72. The first-order valence-electron chi connectivity index (χ1n) is 15.3. The monoisotopic (exact) mass is 613 g/mol. The van der Waals surface area contributed by atoms with E-state index in [1.165, 1.54) is 0 Å². The minimum absolute atomic E-state index is 0.444. The number of carbonyl (C=O) groups is 2. The zero-order valence-corrected chi connectivity index (χ0v) is 25.3. The van der Waals surface area contributed by atoms with Gasteiger partial charge in [0.25, 0.3) is 0 Å². The maximum absolute atomic E-state index is 11.2. The average molecular weight is 614 g/mol. The van der Waals surface area contributed by atoms with Gasteiger partial charge in [-0.05, 0) is 30.3 Å². The molecule has 0 saturated carbocycles. The zero-order valence-electron chi connectivity index (χ0n) is 25.3. The molecule has 4 amide bonds. The Bertz CT molecular complexity index is 2100. The minimum Gasteiger partial charge on any atom is -0.352 e. The van der Waals surface area contributed by atoms with E-state index in [2.05, 4.69) is 108 Å². The van der Waals surface area contributed by atoms with Crippen molar-refractivity contribution in [1.82, 2.24) is 24.8 Å². The summed E-state index contributed by atoms with van der Waals surface area (Å²) in [6.45, 7) is 3.37. The number of primary amides is 2. The molecule has 0 atom stereocenters. The van der Waals surface area contributed by atoms with Crippen molar-refractivity contribution in [2.24, 2.45) is 11.5 Å². The van der Waals surface area contributed by atoms with Crippen molar-refractivity contribution < 1.29 is 18.7 Å². The number of carbonyl (C=O) groups excluding carboxylic acids is 2. The summed E-state index contributed by atoms with van der Waals surface area (Å²) in [7, 11) is 0. The molecule has 0 aliphatic carbocycles. The molecular formula is C35H35N9O2+2. The molecule has 7 aromatic rings. The van der Waals surface area contributed by atoms with E-state index in [9.17, 15) is 9.59 Å². The van der Waals surface area contributed by atoms with Gasteiger partial charge in [-0.1, -0.05) is 60.7 Å². The van der Waals surface area contributed by atoms with Crippen LogP contribution in [-0.2, 0) is 26.2 Å². The number of fused-ring (bicyclic) bond motifs is 4. The highest BCUT2D eigenvalue weighted by Gasteiger charge is 2.19. The Labute approximate surface area is 264 Å². The van der Waals surface area contributed by atoms with Crippen molar-refractivity contribution in [2.75, 3.05) is 13.1 Å². The first-order valence-corrected chi connectivity index (χ1v) is 15.3. The van der Waals surface area contributed by atoms with Crippen molar-refractivity contribution in [2.45, 2.75) is 26.2 Å². The third kappa shape index (κ3) is 5.65. The van der Waals surface area contributed by atoms with Crippen molar-refractivity contribution >= 4 is 55.9 Å². The predicted octanol–water partition coefficient (Wildman–Crippen LogP) is 3.31. The molecular weight excluding hydrogens is 578 g/mol. The number of benzene rings is 4. The lowest BCUT2D eigenvalue weighted by atomic mass is 10.0. The molecule has 0 radical (unpaired) electrons. The summed E-state index contributed by atoms with van der Waals surface area (Å²) in [6.07, 6.45) is 4.17. The second-order valence-corrected chi connectivity index (χ2v) is 11.4.